The molecule has 0 spiro atoms. The molecule has 3 rings (SSSR count). The maximum atomic E-state index is 12.1. The molecule has 2 heterocycles. The Morgan fingerprint density at radius 3 is 3.00 bits per heavy atom. The number of aromatic nitrogens is 2. The summed E-state index contributed by atoms with van der Waals surface area (Å²) in [5.74, 6) is 0.545. The van der Waals surface area contributed by atoms with Gasteiger partial charge in [0.1, 0.15) is 15.2 Å². The number of ether oxygens (including phenoxy) is 1. The van der Waals surface area contributed by atoms with Crippen molar-refractivity contribution in [2.75, 3.05) is 25.5 Å². The molecule has 7 heteroatoms. The second kappa shape index (κ2) is 5.72. The first-order chi connectivity index (χ1) is 9.75. The zero-order chi connectivity index (χ0) is 13.9. The molecular formula is C13H16N4O2S. The van der Waals surface area contributed by atoms with E-state index < -0.39 is 0 Å². The molecule has 0 radical (unpaired) electrons. The first kappa shape index (κ1) is 13.3. The van der Waals surface area contributed by atoms with Crippen LogP contribution in [0, 0.1) is 5.92 Å². The van der Waals surface area contributed by atoms with Gasteiger partial charge < -0.3 is 15.8 Å². The highest BCUT2D eigenvalue weighted by Crippen LogP contribution is 2.30. The van der Waals surface area contributed by atoms with Crippen molar-refractivity contribution in [3.8, 4) is 0 Å². The van der Waals surface area contributed by atoms with E-state index in [1.807, 2.05) is 0 Å². The molecule has 1 saturated carbocycles. The molecular weight excluding hydrogens is 276 g/mol. The van der Waals surface area contributed by atoms with Crippen LogP contribution in [0.4, 0.5) is 5.69 Å². The third-order valence-corrected chi connectivity index (χ3v) is 4.25. The number of carbonyl (C=O) groups is 1. The van der Waals surface area contributed by atoms with E-state index in [4.69, 9.17) is 10.5 Å². The van der Waals surface area contributed by atoms with Gasteiger partial charge in [0.25, 0.3) is 5.91 Å². The van der Waals surface area contributed by atoms with Crippen LogP contribution in [-0.2, 0) is 4.74 Å². The van der Waals surface area contributed by atoms with Crippen molar-refractivity contribution < 1.29 is 9.53 Å². The zero-order valence-electron chi connectivity index (χ0n) is 11.0. The highest BCUT2D eigenvalue weighted by Gasteiger charge is 2.21. The lowest BCUT2D eigenvalue weighted by molar-refractivity contribution is 0.0911. The molecule has 2 aromatic heterocycles. The molecule has 0 aromatic carbocycles. The van der Waals surface area contributed by atoms with Crippen LogP contribution < -0.4 is 11.1 Å². The first-order valence-corrected chi connectivity index (χ1v) is 7.42. The van der Waals surface area contributed by atoms with Gasteiger partial charge in [0.2, 0.25) is 0 Å². The molecule has 20 heavy (non-hydrogen) atoms. The van der Waals surface area contributed by atoms with Crippen molar-refractivity contribution in [3.63, 3.8) is 0 Å². The molecule has 0 unspecified atom stereocenters. The number of carbonyl (C=O) groups excluding carboxylic acids is 1. The topological polar surface area (TPSA) is 90.1 Å². The van der Waals surface area contributed by atoms with Crippen LogP contribution in [0.25, 0.3) is 10.3 Å². The minimum Gasteiger partial charge on any atom is -0.396 e. The van der Waals surface area contributed by atoms with Crippen LogP contribution in [0.2, 0.25) is 0 Å². The van der Waals surface area contributed by atoms with Gasteiger partial charge in [-0.3, -0.25) is 4.79 Å². The molecule has 1 aliphatic carbocycles. The second-order valence-electron chi connectivity index (χ2n) is 4.83. The smallest absolute Gasteiger partial charge is 0.263 e. The standard InChI is InChI=1S/C13H16N4O2S/c14-9-10-13(17-4-3-15-10)20-11(9)12(18)16-5-6-19-7-8-1-2-8/h3-4,8H,1-2,5-7,14H2,(H,16,18). The number of hydrogen-bond acceptors (Lipinski definition) is 6. The molecule has 106 valence electrons. The Bertz CT molecular complexity index is 624. The van der Waals surface area contributed by atoms with Gasteiger partial charge in [0, 0.05) is 25.5 Å². The lowest BCUT2D eigenvalue weighted by Crippen LogP contribution is -2.27. The molecule has 0 bridgehead atoms. The number of nitrogens with two attached hydrogens (primary N) is 1. The van der Waals surface area contributed by atoms with E-state index in [0.29, 0.717) is 34.1 Å². The number of fused-ring (bicyclic) bond motifs is 1. The number of rotatable bonds is 6. The molecule has 6 nitrogen and oxygen atoms in total. The average molecular weight is 292 g/mol. The Hall–Kier alpha value is -1.73. The summed E-state index contributed by atoms with van der Waals surface area (Å²) in [6.07, 6.45) is 5.69. The van der Waals surface area contributed by atoms with Crippen molar-refractivity contribution in [3.05, 3.63) is 17.3 Å². The van der Waals surface area contributed by atoms with Gasteiger partial charge in [0.05, 0.1) is 12.3 Å². The Morgan fingerprint density at radius 2 is 2.25 bits per heavy atom. The van der Waals surface area contributed by atoms with Crippen LogP contribution in [0.3, 0.4) is 0 Å². The van der Waals surface area contributed by atoms with Crippen molar-refractivity contribution in [2.45, 2.75) is 12.8 Å². The maximum absolute atomic E-state index is 12.1. The summed E-state index contributed by atoms with van der Waals surface area (Å²) in [6, 6.07) is 0. The quantitative estimate of drug-likeness (QED) is 0.786. The van der Waals surface area contributed by atoms with E-state index >= 15 is 0 Å². The van der Waals surface area contributed by atoms with E-state index in [1.54, 1.807) is 12.4 Å². The Balaban J connectivity index is 1.56. The van der Waals surface area contributed by atoms with Crippen molar-refractivity contribution >= 4 is 33.3 Å². The van der Waals surface area contributed by atoms with E-state index in [1.165, 1.54) is 24.2 Å². The SMILES string of the molecule is Nc1c(C(=O)NCCOCC2CC2)sc2nccnc12. The van der Waals surface area contributed by atoms with Crippen LogP contribution in [-0.4, -0.2) is 35.6 Å². The largest absolute Gasteiger partial charge is 0.396 e. The highest BCUT2D eigenvalue weighted by molar-refractivity contribution is 7.21. The third-order valence-electron chi connectivity index (χ3n) is 3.15. The summed E-state index contributed by atoms with van der Waals surface area (Å²) in [6.45, 7) is 1.82. The van der Waals surface area contributed by atoms with E-state index in [0.717, 1.165) is 12.5 Å². The third kappa shape index (κ3) is 2.88. The number of nitrogens with zero attached hydrogens (tertiary/aromatic N) is 2. The van der Waals surface area contributed by atoms with Crippen LogP contribution >= 0.6 is 11.3 Å². The van der Waals surface area contributed by atoms with E-state index in [9.17, 15) is 4.79 Å². The normalized spacial score (nSPS) is 14.6. The molecule has 0 saturated heterocycles. The van der Waals surface area contributed by atoms with E-state index in [2.05, 4.69) is 15.3 Å². The highest BCUT2D eigenvalue weighted by atomic mass is 32.1. The number of anilines is 1. The molecule has 0 aliphatic heterocycles. The molecule has 1 amide bonds. The van der Waals surface area contributed by atoms with Crippen molar-refractivity contribution in [1.82, 2.24) is 15.3 Å². The predicted octanol–water partition coefficient (Wildman–Crippen LogP) is 1.43. The van der Waals surface area contributed by atoms with Crippen molar-refractivity contribution in [1.29, 1.82) is 0 Å². The minimum atomic E-state index is -0.192. The lowest BCUT2D eigenvalue weighted by atomic mass is 10.3. The van der Waals surface area contributed by atoms with Crippen LogP contribution in [0.5, 0.6) is 0 Å². The number of nitrogen functional groups attached to an aromatic ring is 1. The molecule has 0 atom stereocenters. The summed E-state index contributed by atoms with van der Waals surface area (Å²) >= 11 is 1.26. The van der Waals surface area contributed by atoms with Gasteiger partial charge in [-0.2, -0.15) is 0 Å². The summed E-state index contributed by atoms with van der Waals surface area (Å²) in [4.78, 5) is 21.5. The van der Waals surface area contributed by atoms with Gasteiger partial charge in [-0.05, 0) is 18.8 Å². The monoisotopic (exact) mass is 292 g/mol. The lowest BCUT2D eigenvalue weighted by Gasteiger charge is -2.05. The van der Waals surface area contributed by atoms with Crippen LogP contribution in [0.1, 0.15) is 22.5 Å². The van der Waals surface area contributed by atoms with Gasteiger partial charge in [-0.1, -0.05) is 0 Å². The average Bonchev–Trinajstić information content (AvgIpc) is 3.22. The number of thiophene rings is 1. The number of nitrogens with one attached hydrogen (secondary N) is 1. The summed E-state index contributed by atoms with van der Waals surface area (Å²) in [7, 11) is 0. The fourth-order valence-corrected chi connectivity index (χ4v) is 2.80. The Kier molecular flexibility index (Phi) is 3.79. The summed E-state index contributed by atoms with van der Waals surface area (Å²) < 4.78 is 5.47. The molecule has 1 fully saturated rings. The van der Waals surface area contributed by atoms with E-state index in [-0.39, 0.29) is 5.91 Å². The van der Waals surface area contributed by atoms with Gasteiger partial charge >= 0.3 is 0 Å². The van der Waals surface area contributed by atoms with Gasteiger partial charge in [-0.25, -0.2) is 9.97 Å². The van der Waals surface area contributed by atoms with Gasteiger partial charge in [0.15, 0.2) is 0 Å². The maximum Gasteiger partial charge on any atom is 0.263 e. The minimum absolute atomic E-state index is 0.192. The molecule has 1 aliphatic rings. The summed E-state index contributed by atoms with van der Waals surface area (Å²) in [5.41, 5.74) is 6.92. The summed E-state index contributed by atoms with van der Waals surface area (Å²) in [5, 5.41) is 2.81. The predicted molar refractivity (Wildman–Crippen MR) is 77.7 cm³/mol. The fourth-order valence-electron chi connectivity index (χ4n) is 1.86. The molecule has 2 aromatic rings. The number of amides is 1. The first-order valence-electron chi connectivity index (χ1n) is 6.60. The Morgan fingerprint density at radius 1 is 1.45 bits per heavy atom. The second-order valence-corrected chi connectivity index (χ2v) is 5.83. The molecule has 3 N–H and O–H groups in total. The Labute approximate surface area is 120 Å². The number of hydrogen-bond donors (Lipinski definition) is 2. The van der Waals surface area contributed by atoms with Crippen LogP contribution in [0.15, 0.2) is 12.4 Å². The van der Waals surface area contributed by atoms with Gasteiger partial charge in [-0.15, -0.1) is 11.3 Å². The fraction of sp³-hybridized carbons (Fsp3) is 0.462. The van der Waals surface area contributed by atoms with Crippen molar-refractivity contribution in [2.24, 2.45) is 5.92 Å². The zero-order valence-corrected chi connectivity index (χ0v) is 11.8.